The van der Waals surface area contributed by atoms with Gasteiger partial charge in [0.15, 0.2) is 0 Å². The molecule has 0 aromatic rings. The highest BCUT2D eigenvalue weighted by molar-refractivity contribution is 5.83. The minimum Gasteiger partial charge on any atom is -0.469 e. The van der Waals surface area contributed by atoms with Crippen molar-refractivity contribution >= 4 is 11.8 Å². The average Bonchev–Trinajstić information content (AvgIpc) is 3.03. The van der Waals surface area contributed by atoms with Crippen molar-refractivity contribution in [3.05, 3.63) is 0 Å². The monoisotopic (exact) mass is 388 g/mol. The lowest BCUT2D eigenvalue weighted by Gasteiger charge is -2.60. The van der Waals surface area contributed by atoms with E-state index in [0.29, 0.717) is 53.1 Å². The Bertz CT molecular complexity index is 627. The average molecular weight is 389 g/mol. The van der Waals surface area contributed by atoms with E-state index in [2.05, 4.69) is 20.8 Å². The zero-order valence-corrected chi connectivity index (χ0v) is 18.5. The van der Waals surface area contributed by atoms with Gasteiger partial charge >= 0.3 is 5.97 Å². The van der Waals surface area contributed by atoms with E-state index in [0.717, 1.165) is 12.8 Å². The Morgan fingerprint density at radius 2 is 1.82 bits per heavy atom. The zero-order chi connectivity index (χ0) is 20.1. The van der Waals surface area contributed by atoms with Crippen molar-refractivity contribution in [2.24, 2.45) is 46.3 Å². The van der Waals surface area contributed by atoms with Gasteiger partial charge in [-0.25, -0.2) is 0 Å². The summed E-state index contributed by atoms with van der Waals surface area (Å²) in [5, 5.41) is 0. The van der Waals surface area contributed by atoms with Crippen LogP contribution in [0, 0.1) is 46.3 Å². The largest absolute Gasteiger partial charge is 0.469 e. The lowest BCUT2D eigenvalue weighted by atomic mass is 9.44. The molecule has 0 unspecified atom stereocenters. The van der Waals surface area contributed by atoms with E-state index in [1.54, 1.807) is 0 Å². The Labute approximate surface area is 171 Å². The number of Topliss-reactive ketones (excluding diaryl/α,β-unsaturated/α-hetero) is 1. The van der Waals surface area contributed by atoms with Gasteiger partial charge in [-0.2, -0.15) is 0 Å². The zero-order valence-electron chi connectivity index (χ0n) is 18.5. The van der Waals surface area contributed by atoms with E-state index >= 15 is 0 Å². The van der Waals surface area contributed by atoms with Crippen LogP contribution in [0.25, 0.3) is 0 Å². The van der Waals surface area contributed by atoms with Gasteiger partial charge in [0, 0.05) is 18.8 Å². The molecule has 0 aromatic heterocycles. The van der Waals surface area contributed by atoms with E-state index in [-0.39, 0.29) is 11.4 Å². The Balaban J connectivity index is 1.54. The fourth-order valence-electron chi connectivity index (χ4n) is 8.59. The number of methoxy groups -OCH3 is 1. The van der Waals surface area contributed by atoms with Crippen LogP contribution < -0.4 is 0 Å². The van der Waals surface area contributed by atoms with Gasteiger partial charge < -0.3 is 4.74 Å². The number of carbonyl (C=O) groups is 2. The first kappa shape index (κ1) is 20.4. The molecule has 4 fully saturated rings. The van der Waals surface area contributed by atoms with Crippen LogP contribution >= 0.6 is 0 Å². The minimum atomic E-state index is -0.0889. The fraction of sp³-hybridized carbons (Fsp3) is 0.920. The topological polar surface area (TPSA) is 43.4 Å². The molecular weight excluding hydrogens is 348 g/mol. The molecule has 4 rings (SSSR count). The molecule has 8 atom stereocenters. The van der Waals surface area contributed by atoms with Gasteiger partial charge in [0.25, 0.3) is 0 Å². The Kier molecular flexibility index (Phi) is 5.42. The van der Waals surface area contributed by atoms with Gasteiger partial charge in [0.2, 0.25) is 0 Å². The number of hydrogen-bond acceptors (Lipinski definition) is 3. The van der Waals surface area contributed by atoms with Crippen LogP contribution in [0.4, 0.5) is 0 Å². The molecule has 0 radical (unpaired) electrons. The molecule has 0 spiro atoms. The summed E-state index contributed by atoms with van der Waals surface area (Å²) in [6.07, 6.45) is 12.6. The number of esters is 1. The van der Waals surface area contributed by atoms with Crippen molar-refractivity contribution in [1.29, 1.82) is 0 Å². The van der Waals surface area contributed by atoms with Gasteiger partial charge in [0.1, 0.15) is 5.78 Å². The van der Waals surface area contributed by atoms with E-state index in [1.165, 1.54) is 58.5 Å². The summed E-state index contributed by atoms with van der Waals surface area (Å²) in [7, 11) is 1.48. The minimum absolute atomic E-state index is 0.0889. The molecule has 0 aromatic carbocycles. The van der Waals surface area contributed by atoms with Gasteiger partial charge in [-0.15, -0.1) is 0 Å². The molecule has 158 valence electrons. The molecule has 0 heterocycles. The summed E-state index contributed by atoms with van der Waals surface area (Å²) in [6, 6.07) is 0. The molecule has 4 saturated carbocycles. The first-order valence-electron chi connectivity index (χ1n) is 11.9. The quantitative estimate of drug-likeness (QED) is 0.571. The molecule has 0 saturated heterocycles. The molecular formula is C25H40O3. The third kappa shape index (κ3) is 3.06. The summed E-state index contributed by atoms with van der Waals surface area (Å²) in [5.41, 5.74) is 0.691. The first-order chi connectivity index (χ1) is 13.3. The van der Waals surface area contributed by atoms with E-state index in [9.17, 15) is 9.59 Å². The summed E-state index contributed by atoms with van der Waals surface area (Å²) in [4.78, 5) is 25.0. The number of rotatable bonds is 4. The van der Waals surface area contributed by atoms with Crippen molar-refractivity contribution < 1.29 is 14.3 Å². The van der Waals surface area contributed by atoms with E-state index in [1.807, 2.05) is 0 Å². The third-order valence-electron chi connectivity index (χ3n) is 10.2. The Hall–Kier alpha value is -0.860. The molecule has 0 bridgehead atoms. The second-order valence-corrected chi connectivity index (χ2v) is 11.2. The van der Waals surface area contributed by atoms with Crippen molar-refractivity contribution in [2.75, 3.05) is 7.11 Å². The van der Waals surface area contributed by atoms with Crippen molar-refractivity contribution in [3.8, 4) is 0 Å². The van der Waals surface area contributed by atoms with Crippen LogP contribution in [0.15, 0.2) is 0 Å². The molecule has 0 amide bonds. The van der Waals surface area contributed by atoms with E-state index in [4.69, 9.17) is 4.74 Å². The standard InChI is InChI=1S/C25H40O3/c1-16(8-11-22(27)28-4)18-9-10-19-23-20(12-14-25(18,19)3)24(2)13-6-5-7-17(24)15-21(23)26/h16-20,23H,5-15H2,1-4H3/t16-,17-,18+,19+,20+,23+,24-,25+/m0/s1. The van der Waals surface area contributed by atoms with Crippen LogP contribution in [0.3, 0.4) is 0 Å². The van der Waals surface area contributed by atoms with Gasteiger partial charge in [0.05, 0.1) is 7.11 Å². The number of hydrogen-bond donors (Lipinski definition) is 0. The smallest absolute Gasteiger partial charge is 0.305 e. The van der Waals surface area contributed by atoms with Crippen LogP contribution in [-0.2, 0) is 14.3 Å². The molecule has 4 aliphatic rings. The highest BCUT2D eigenvalue weighted by Crippen LogP contribution is 2.67. The predicted molar refractivity (Wildman–Crippen MR) is 111 cm³/mol. The van der Waals surface area contributed by atoms with Gasteiger partial charge in [-0.05, 0) is 85.4 Å². The van der Waals surface area contributed by atoms with Crippen LogP contribution in [0.2, 0.25) is 0 Å². The maximum Gasteiger partial charge on any atom is 0.305 e. The van der Waals surface area contributed by atoms with Crippen LogP contribution in [-0.4, -0.2) is 18.9 Å². The van der Waals surface area contributed by atoms with Crippen molar-refractivity contribution in [1.82, 2.24) is 0 Å². The fourth-order valence-corrected chi connectivity index (χ4v) is 8.59. The van der Waals surface area contributed by atoms with Crippen LogP contribution in [0.1, 0.15) is 91.4 Å². The number of fused-ring (bicyclic) bond motifs is 5. The molecule has 28 heavy (non-hydrogen) atoms. The lowest BCUT2D eigenvalue weighted by Crippen LogP contribution is -2.56. The maximum absolute atomic E-state index is 13.4. The van der Waals surface area contributed by atoms with Crippen LogP contribution in [0.5, 0.6) is 0 Å². The van der Waals surface area contributed by atoms with Crippen molar-refractivity contribution in [2.45, 2.75) is 91.4 Å². The molecule has 3 heteroatoms. The second-order valence-electron chi connectivity index (χ2n) is 11.2. The summed E-state index contributed by atoms with van der Waals surface area (Å²) in [6.45, 7) is 7.35. The first-order valence-corrected chi connectivity index (χ1v) is 11.9. The van der Waals surface area contributed by atoms with Gasteiger partial charge in [-0.1, -0.05) is 33.6 Å². The molecule has 0 N–H and O–H groups in total. The molecule has 3 nitrogen and oxygen atoms in total. The Morgan fingerprint density at radius 1 is 1.07 bits per heavy atom. The second kappa shape index (κ2) is 7.43. The normalized spacial score (nSPS) is 46.3. The summed E-state index contributed by atoms with van der Waals surface area (Å²) < 4.78 is 4.86. The summed E-state index contributed by atoms with van der Waals surface area (Å²) in [5.74, 6) is 3.86. The lowest BCUT2D eigenvalue weighted by molar-refractivity contribution is -0.156. The SMILES string of the molecule is COC(=O)CC[C@H](C)[C@H]1CC[C@@H]2[C@H]3C(=O)C[C@@H]4CCCC[C@]4(C)[C@@H]3CC[C@@]21C. The molecule has 4 aliphatic carbocycles. The van der Waals surface area contributed by atoms with E-state index < -0.39 is 0 Å². The highest BCUT2D eigenvalue weighted by atomic mass is 16.5. The number of ether oxygens (including phenoxy) is 1. The molecule has 0 aliphatic heterocycles. The summed E-state index contributed by atoms with van der Waals surface area (Å²) >= 11 is 0. The van der Waals surface area contributed by atoms with Crippen molar-refractivity contribution in [3.63, 3.8) is 0 Å². The number of carbonyl (C=O) groups excluding carboxylic acids is 2. The third-order valence-corrected chi connectivity index (χ3v) is 10.2. The highest BCUT2D eigenvalue weighted by Gasteiger charge is 2.62. The van der Waals surface area contributed by atoms with Gasteiger partial charge in [-0.3, -0.25) is 9.59 Å². The number of ketones is 1. The maximum atomic E-state index is 13.4. The Morgan fingerprint density at radius 3 is 2.57 bits per heavy atom. The predicted octanol–water partition coefficient (Wildman–Crippen LogP) is 5.80.